The van der Waals surface area contributed by atoms with Crippen LogP contribution in [0.4, 0.5) is 4.39 Å². The van der Waals surface area contributed by atoms with Gasteiger partial charge in [-0.05, 0) is 43.4 Å². The molecule has 1 aliphatic rings. The van der Waals surface area contributed by atoms with Gasteiger partial charge >= 0.3 is 0 Å². The average Bonchev–Trinajstić information content (AvgIpc) is 3.37. The first-order valence-corrected chi connectivity index (χ1v) is 11.0. The van der Waals surface area contributed by atoms with Crippen LogP contribution in [-0.4, -0.2) is 39.8 Å². The van der Waals surface area contributed by atoms with Crippen LogP contribution in [-0.2, 0) is 11.3 Å². The summed E-state index contributed by atoms with van der Waals surface area (Å²) in [5.74, 6) is 0.609. The number of imidazole rings is 1. The molecule has 1 fully saturated rings. The molecule has 32 heavy (non-hydrogen) atoms. The Bertz CT molecular complexity index is 1070. The van der Waals surface area contributed by atoms with Crippen LogP contribution >= 0.6 is 0 Å². The minimum atomic E-state index is -0.314. The molecular formula is C25H27FN4O2. The molecule has 166 valence electrons. The standard InChI is InChI=1S/C25H27FN4O2/c26-22-9-2-1-6-21(22)16-29-23(31)11-10-18-5-4-14-30(17-18)25(32)20-8-3-7-19(15-20)24-27-12-13-28-24/h1-3,6-9,12-13,15,18H,4-5,10-11,14,16-17H2,(H,27,28)(H,29,31). The van der Waals surface area contributed by atoms with Gasteiger partial charge in [-0.25, -0.2) is 9.37 Å². The molecule has 0 aliphatic carbocycles. The molecule has 1 atom stereocenters. The van der Waals surface area contributed by atoms with Crippen LogP contribution in [0.3, 0.4) is 0 Å². The molecule has 1 unspecified atom stereocenters. The molecular weight excluding hydrogens is 407 g/mol. The molecule has 0 bridgehead atoms. The minimum absolute atomic E-state index is 0.00658. The predicted octanol–water partition coefficient (Wildman–Crippen LogP) is 4.16. The van der Waals surface area contributed by atoms with Crippen LogP contribution in [0, 0.1) is 11.7 Å². The van der Waals surface area contributed by atoms with E-state index in [0.717, 1.165) is 30.8 Å². The molecule has 4 rings (SSSR count). The number of aromatic nitrogens is 2. The first-order chi connectivity index (χ1) is 15.6. The van der Waals surface area contributed by atoms with Crippen LogP contribution in [0.15, 0.2) is 60.9 Å². The van der Waals surface area contributed by atoms with E-state index in [2.05, 4.69) is 15.3 Å². The zero-order valence-electron chi connectivity index (χ0n) is 17.9. The zero-order chi connectivity index (χ0) is 22.3. The number of H-pyrrole nitrogens is 1. The number of hydrogen-bond donors (Lipinski definition) is 2. The number of likely N-dealkylation sites (tertiary alicyclic amines) is 1. The summed E-state index contributed by atoms with van der Waals surface area (Å²) in [6.45, 7) is 1.55. The molecule has 2 amide bonds. The highest BCUT2D eigenvalue weighted by Crippen LogP contribution is 2.24. The Kier molecular flexibility index (Phi) is 6.94. The molecule has 0 spiro atoms. The maximum atomic E-state index is 13.7. The van der Waals surface area contributed by atoms with Crippen LogP contribution in [0.5, 0.6) is 0 Å². The number of nitrogens with one attached hydrogen (secondary N) is 2. The Morgan fingerprint density at radius 1 is 1.19 bits per heavy atom. The number of benzene rings is 2. The smallest absolute Gasteiger partial charge is 0.253 e. The third-order valence-corrected chi connectivity index (χ3v) is 5.90. The highest BCUT2D eigenvalue weighted by molar-refractivity contribution is 5.95. The third-order valence-electron chi connectivity index (χ3n) is 5.90. The maximum Gasteiger partial charge on any atom is 0.253 e. The van der Waals surface area contributed by atoms with E-state index in [-0.39, 0.29) is 30.1 Å². The summed E-state index contributed by atoms with van der Waals surface area (Å²) in [6, 6.07) is 13.9. The van der Waals surface area contributed by atoms with Crippen molar-refractivity contribution in [1.82, 2.24) is 20.2 Å². The lowest BCUT2D eigenvalue weighted by Gasteiger charge is -2.33. The monoisotopic (exact) mass is 434 g/mol. The lowest BCUT2D eigenvalue weighted by molar-refractivity contribution is -0.121. The summed E-state index contributed by atoms with van der Waals surface area (Å²) in [5.41, 5.74) is 2.00. The predicted molar refractivity (Wildman–Crippen MR) is 120 cm³/mol. The molecule has 1 aromatic heterocycles. The first kappa shape index (κ1) is 21.7. The van der Waals surface area contributed by atoms with Crippen molar-refractivity contribution in [1.29, 1.82) is 0 Å². The van der Waals surface area contributed by atoms with Crippen molar-refractivity contribution in [2.45, 2.75) is 32.2 Å². The number of piperidine rings is 1. The van der Waals surface area contributed by atoms with Gasteiger partial charge in [0, 0.05) is 55.1 Å². The highest BCUT2D eigenvalue weighted by atomic mass is 19.1. The van der Waals surface area contributed by atoms with Crippen molar-refractivity contribution in [3.05, 3.63) is 77.9 Å². The van der Waals surface area contributed by atoms with E-state index in [1.54, 1.807) is 30.6 Å². The van der Waals surface area contributed by atoms with Gasteiger partial charge in [-0.15, -0.1) is 0 Å². The van der Waals surface area contributed by atoms with Crippen molar-refractivity contribution in [2.75, 3.05) is 13.1 Å². The molecule has 7 heteroatoms. The van der Waals surface area contributed by atoms with E-state index in [0.29, 0.717) is 30.5 Å². The van der Waals surface area contributed by atoms with Crippen molar-refractivity contribution in [3.63, 3.8) is 0 Å². The second-order valence-corrected chi connectivity index (χ2v) is 8.18. The van der Waals surface area contributed by atoms with Crippen molar-refractivity contribution in [3.8, 4) is 11.4 Å². The number of rotatable bonds is 7. The Morgan fingerprint density at radius 3 is 2.88 bits per heavy atom. The molecule has 1 aliphatic heterocycles. The fraction of sp³-hybridized carbons (Fsp3) is 0.320. The van der Waals surface area contributed by atoms with Crippen LogP contribution in [0.25, 0.3) is 11.4 Å². The molecule has 1 saturated heterocycles. The van der Waals surface area contributed by atoms with E-state index < -0.39 is 0 Å². The van der Waals surface area contributed by atoms with Gasteiger partial charge in [0.25, 0.3) is 5.91 Å². The third kappa shape index (κ3) is 5.41. The van der Waals surface area contributed by atoms with Gasteiger partial charge in [0.15, 0.2) is 0 Å². The van der Waals surface area contributed by atoms with Crippen LogP contribution < -0.4 is 5.32 Å². The quantitative estimate of drug-likeness (QED) is 0.586. The summed E-state index contributed by atoms with van der Waals surface area (Å²) >= 11 is 0. The number of aromatic amines is 1. The average molecular weight is 435 g/mol. The number of halogens is 1. The van der Waals surface area contributed by atoms with E-state index in [1.807, 2.05) is 29.2 Å². The Morgan fingerprint density at radius 2 is 2.06 bits per heavy atom. The number of carbonyl (C=O) groups is 2. The molecule has 0 saturated carbocycles. The number of hydrogen-bond acceptors (Lipinski definition) is 3. The summed E-state index contributed by atoms with van der Waals surface area (Å²) in [4.78, 5) is 34.5. The largest absolute Gasteiger partial charge is 0.352 e. The molecule has 2 N–H and O–H groups in total. The van der Waals surface area contributed by atoms with E-state index in [9.17, 15) is 14.0 Å². The van der Waals surface area contributed by atoms with Crippen LogP contribution in [0.1, 0.15) is 41.6 Å². The Labute approximate surface area is 186 Å². The topological polar surface area (TPSA) is 78.1 Å². The number of nitrogens with zero attached hydrogens (tertiary/aromatic N) is 2. The molecule has 2 heterocycles. The van der Waals surface area contributed by atoms with Crippen LogP contribution in [0.2, 0.25) is 0 Å². The lowest BCUT2D eigenvalue weighted by atomic mass is 9.92. The fourth-order valence-corrected chi connectivity index (χ4v) is 4.15. The van der Waals surface area contributed by atoms with Gasteiger partial charge < -0.3 is 15.2 Å². The van der Waals surface area contributed by atoms with E-state index in [1.165, 1.54) is 6.07 Å². The van der Waals surface area contributed by atoms with Gasteiger partial charge in [-0.3, -0.25) is 9.59 Å². The first-order valence-electron chi connectivity index (χ1n) is 11.0. The van der Waals surface area contributed by atoms with E-state index in [4.69, 9.17) is 0 Å². The fourth-order valence-electron chi connectivity index (χ4n) is 4.15. The molecule has 2 aromatic carbocycles. The second kappa shape index (κ2) is 10.2. The minimum Gasteiger partial charge on any atom is -0.352 e. The molecule has 6 nitrogen and oxygen atoms in total. The van der Waals surface area contributed by atoms with Gasteiger partial charge in [-0.1, -0.05) is 30.3 Å². The summed E-state index contributed by atoms with van der Waals surface area (Å²) in [7, 11) is 0. The second-order valence-electron chi connectivity index (χ2n) is 8.18. The number of carbonyl (C=O) groups excluding carboxylic acids is 2. The van der Waals surface area contributed by atoms with Gasteiger partial charge in [0.05, 0.1) is 0 Å². The van der Waals surface area contributed by atoms with Gasteiger partial charge in [0.2, 0.25) is 5.91 Å². The summed E-state index contributed by atoms with van der Waals surface area (Å²) in [5, 5.41) is 2.79. The normalized spacial score (nSPS) is 16.0. The van der Waals surface area contributed by atoms with E-state index >= 15 is 0 Å². The highest BCUT2D eigenvalue weighted by Gasteiger charge is 2.25. The number of amides is 2. The van der Waals surface area contributed by atoms with Crippen molar-refractivity contribution < 1.29 is 14.0 Å². The van der Waals surface area contributed by atoms with Crippen molar-refractivity contribution >= 4 is 11.8 Å². The lowest BCUT2D eigenvalue weighted by Crippen LogP contribution is -2.40. The summed E-state index contributed by atoms with van der Waals surface area (Å²) in [6.07, 6.45) is 6.44. The maximum absolute atomic E-state index is 13.7. The van der Waals surface area contributed by atoms with Gasteiger partial charge in [-0.2, -0.15) is 0 Å². The van der Waals surface area contributed by atoms with Crippen molar-refractivity contribution in [2.24, 2.45) is 5.92 Å². The molecule has 3 aromatic rings. The van der Waals surface area contributed by atoms with Gasteiger partial charge in [0.1, 0.15) is 11.6 Å². The SMILES string of the molecule is O=C(CCC1CCCN(C(=O)c2cccc(-c3ncc[nH]3)c2)C1)NCc1ccccc1F. The zero-order valence-corrected chi connectivity index (χ0v) is 17.9. The Balaban J connectivity index is 1.29. The molecule has 0 radical (unpaired) electrons. The summed E-state index contributed by atoms with van der Waals surface area (Å²) < 4.78 is 13.7. The Hall–Kier alpha value is -3.48.